The van der Waals surface area contributed by atoms with Crippen LogP contribution in [-0.2, 0) is 9.84 Å². The number of phenols is 2. The lowest BCUT2D eigenvalue weighted by Gasteiger charge is -2.11. The Labute approximate surface area is 111 Å². The van der Waals surface area contributed by atoms with Gasteiger partial charge in [-0.2, -0.15) is 0 Å². The summed E-state index contributed by atoms with van der Waals surface area (Å²) in [6.07, 6.45) is 0. The normalized spacial score (nSPS) is 11.5. The van der Waals surface area contributed by atoms with E-state index >= 15 is 0 Å². The van der Waals surface area contributed by atoms with Crippen molar-refractivity contribution in [2.24, 2.45) is 0 Å². The molecule has 0 aromatic heterocycles. The van der Waals surface area contributed by atoms with Crippen molar-refractivity contribution in [2.75, 3.05) is 0 Å². The first-order valence-corrected chi connectivity index (χ1v) is 7.15. The van der Waals surface area contributed by atoms with Gasteiger partial charge in [-0.15, -0.1) is 0 Å². The SMILES string of the molecule is Cc1cccc(S(=O)(=O)c2c(C)ccc(O)c2O)c1. The van der Waals surface area contributed by atoms with Gasteiger partial charge in [0.25, 0.3) is 0 Å². The second-order valence-electron chi connectivity index (χ2n) is 4.40. The first-order valence-electron chi connectivity index (χ1n) is 5.67. The van der Waals surface area contributed by atoms with E-state index in [0.29, 0.717) is 5.56 Å². The summed E-state index contributed by atoms with van der Waals surface area (Å²) in [5, 5.41) is 19.3. The van der Waals surface area contributed by atoms with E-state index in [1.54, 1.807) is 26.0 Å². The summed E-state index contributed by atoms with van der Waals surface area (Å²) in [6, 6.07) is 9.13. The third-order valence-corrected chi connectivity index (χ3v) is 4.80. The minimum Gasteiger partial charge on any atom is -0.504 e. The summed E-state index contributed by atoms with van der Waals surface area (Å²) >= 11 is 0. The fourth-order valence-corrected chi connectivity index (χ4v) is 3.59. The van der Waals surface area contributed by atoms with Crippen LogP contribution in [0.3, 0.4) is 0 Å². The maximum absolute atomic E-state index is 12.5. The second-order valence-corrected chi connectivity index (χ2v) is 6.29. The lowest BCUT2D eigenvalue weighted by atomic mass is 10.2. The van der Waals surface area contributed by atoms with Gasteiger partial charge in [-0.1, -0.05) is 18.2 Å². The molecule has 100 valence electrons. The fraction of sp³-hybridized carbons (Fsp3) is 0.143. The average molecular weight is 278 g/mol. The van der Waals surface area contributed by atoms with Crippen molar-refractivity contribution in [3.8, 4) is 11.5 Å². The van der Waals surface area contributed by atoms with Crippen LogP contribution in [0.15, 0.2) is 46.2 Å². The van der Waals surface area contributed by atoms with Crippen LogP contribution >= 0.6 is 0 Å². The van der Waals surface area contributed by atoms with Gasteiger partial charge in [0.05, 0.1) is 4.90 Å². The zero-order valence-electron chi connectivity index (χ0n) is 10.6. The summed E-state index contributed by atoms with van der Waals surface area (Å²) in [5.74, 6) is -1.06. The molecular formula is C14H14O4S. The number of hydrogen-bond acceptors (Lipinski definition) is 4. The molecule has 0 unspecified atom stereocenters. The molecule has 2 N–H and O–H groups in total. The van der Waals surface area contributed by atoms with Crippen molar-refractivity contribution in [3.05, 3.63) is 47.5 Å². The topological polar surface area (TPSA) is 74.6 Å². The number of phenolic OH excluding ortho intramolecular Hbond substituents is 2. The Morgan fingerprint density at radius 2 is 1.68 bits per heavy atom. The summed E-state index contributed by atoms with van der Waals surface area (Å²) in [4.78, 5) is -0.158. The Morgan fingerprint density at radius 3 is 2.32 bits per heavy atom. The number of hydrogen-bond donors (Lipinski definition) is 2. The first-order chi connectivity index (χ1) is 8.84. The fourth-order valence-electron chi connectivity index (χ4n) is 1.90. The van der Waals surface area contributed by atoms with E-state index in [1.807, 2.05) is 0 Å². The van der Waals surface area contributed by atoms with Gasteiger partial charge in [0.15, 0.2) is 11.5 Å². The number of aryl methyl sites for hydroxylation is 2. The van der Waals surface area contributed by atoms with Gasteiger partial charge in [0, 0.05) is 0 Å². The van der Waals surface area contributed by atoms with E-state index in [2.05, 4.69) is 0 Å². The standard InChI is InChI=1S/C14H14O4S/c1-9-4-3-5-11(8-9)19(17,18)14-10(2)6-7-12(15)13(14)16/h3-8,15-16H,1-2H3. The third-order valence-electron chi connectivity index (χ3n) is 2.88. The number of sulfone groups is 1. The highest BCUT2D eigenvalue weighted by Gasteiger charge is 2.25. The van der Waals surface area contributed by atoms with Crippen LogP contribution in [0.1, 0.15) is 11.1 Å². The van der Waals surface area contributed by atoms with E-state index in [1.165, 1.54) is 24.3 Å². The molecule has 0 atom stereocenters. The predicted octanol–water partition coefficient (Wildman–Crippen LogP) is 2.55. The Balaban J connectivity index is 2.74. The Morgan fingerprint density at radius 1 is 1.00 bits per heavy atom. The zero-order valence-corrected chi connectivity index (χ0v) is 11.4. The lowest BCUT2D eigenvalue weighted by Crippen LogP contribution is -2.05. The molecule has 19 heavy (non-hydrogen) atoms. The molecule has 4 nitrogen and oxygen atoms in total. The Bertz CT molecular complexity index is 733. The van der Waals surface area contributed by atoms with Crippen molar-refractivity contribution in [1.29, 1.82) is 0 Å². The van der Waals surface area contributed by atoms with Gasteiger partial charge >= 0.3 is 0 Å². The largest absolute Gasteiger partial charge is 0.504 e. The second kappa shape index (κ2) is 4.59. The highest BCUT2D eigenvalue weighted by Crippen LogP contribution is 2.37. The van der Waals surface area contributed by atoms with Gasteiger partial charge in [-0.05, 0) is 43.2 Å². The van der Waals surface area contributed by atoms with Crippen LogP contribution in [-0.4, -0.2) is 18.6 Å². The van der Waals surface area contributed by atoms with Crippen LogP contribution in [0.5, 0.6) is 11.5 Å². The summed E-state index contributed by atoms with van der Waals surface area (Å²) in [5.41, 5.74) is 1.19. The van der Waals surface area contributed by atoms with Gasteiger partial charge in [-0.25, -0.2) is 8.42 Å². The van der Waals surface area contributed by atoms with Gasteiger partial charge in [0.1, 0.15) is 4.90 Å². The van der Waals surface area contributed by atoms with Crippen molar-refractivity contribution in [1.82, 2.24) is 0 Å². The van der Waals surface area contributed by atoms with E-state index < -0.39 is 21.3 Å². The maximum atomic E-state index is 12.5. The smallest absolute Gasteiger partial charge is 0.210 e. The molecule has 2 aromatic carbocycles. The Hall–Kier alpha value is -2.01. The molecule has 5 heteroatoms. The van der Waals surface area contributed by atoms with Gasteiger partial charge in [-0.3, -0.25) is 0 Å². The predicted molar refractivity (Wildman–Crippen MR) is 71.1 cm³/mol. The molecule has 0 bridgehead atoms. The molecule has 0 radical (unpaired) electrons. The zero-order chi connectivity index (χ0) is 14.2. The van der Waals surface area contributed by atoms with Crippen LogP contribution < -0.4 is 0 Å². The molecule has 0 aliphatic rings. The summed E-state index contributed by atoms with van der Waals surface area (Å²) < 4.78 is 25.0. The molecule has 0 aliphatic carbocycles. The average Bonchev–Trinajstić information content (AvgIpc) is 2.34. The molecule has 0 heterocycles. The number of benzene rings is 2. The molecule has 2 aromatic rings. The minimum atomic E-state index is -3.86. The van der Waals surface area contributed by atoms with Crippen molar-refractivity contribution in [2.45, 2.75) is 23.6 Å². The van der Waals surface area contributed by atoms with Crippen LogP contribution in [0.4, 0.5) is 0 Å². The van der Waals surface area contributed by atoms with Crippen LogP contribution in [0.2, 0.25) is 0 Å². The highest BCUT2D eigenvalue weighted by molar-refractivity contribution is 7.91. The molecular weight excluding hydrogens is 264 g/mol. The third kappa shape index (κ3) is 2.29. The quantitative estimate of drug-likeness (QED) is 0.828. The van der Waals surface area contributed by atoms with Gasteiger partial charge in [0.2, 0.25) is 9.84 Å². The first kappa shape index (κ1) is 13.4. The molecule has 0 saturated carbocycles. The van der Waals surface area contributed by atoms with Crippen molar-refractivity contribution < 1.29 is 18.6 Å². The molecule has 0 fully saturated rings. The van der Waals surface area contributed by atoms with Crippen LogP contribution in [0, 0.1) is 13.8 Å². The lowest BCUT2D eigenvalue weighted by molar-refractivity contribution is 0.392. The number of aromatic hydroxyl groups is 2. The molecule has 0 amide bonds. The van der Waals surface area contributed by atoms with E-state index in [4.69, 9.17) is 0 Å². The van der Waals surface area contributed by atoms with Crippen LogP contribution in [0.25, 0.3) is 0 Å². The van der Waals surface area contributed by atoms with Crippen molar-refractivity contribution in [3.63, 3.8) is 0 Å². The van der Waals surface area contributed by atoms with E-state index in [0.717, 1.165) is 5.56 Å². The minimum absolute atomic E-state index is 0.0940. The molecule has 2 rings (SSSR count). The van der Waals surface area contributed by atoms with Crippen molar-refractivity contribution >= 4 is 9.84 Å². The summed E-state index contributed by atoms with van der Waals surface area (Å²) in [6.45, 7) is 3.36. The molecule has 0 spiro atoms. The van der Waals surface area contributed by atoms with Gasteiger partial charge < -0.3 is 10.2 Å². The van der Waals surface area contributed by atoms with E-state index in [-0.39, 0.29) is 9.79 Å². The monoisotopic (exact) mass is 278 g/mol. The maximum Gasteiger partial charge on any atom is 0.210 e. The molecule has 0 aliphatic heterocycles. The summed E-state index contributed by atoms with van der Waals surface area (Å²) in [7, 11) is -3.86. The highest BCUT2D eigenvalue weighted by atomic mass is 32.2. The molecule has 0 saturated heterocycles. The van der Waals surface area contributed by atoms with E-state index in [9.17, 15) is 18.6 Å². The number of rotatable bonds is 2. The Kier molecular flexibility index (Phi) is 3.24.